The molecule has 108 valence electrons. The van der Waals surface area contributed by atoms with Crippen LogP contribution in [-0.4, -0.2) is 36.8 Å². The van der Waals surface area contributed by atoms with E-state index in [2.05, 4.69) is 5.32 Å². The third-order valence-corrected chi connectivity index (χ3v) is 3.27. The Hall–Kier alpha value is -2.08. The van der Waals surface area contributed by atoms with Crippen LogP contribution in [0.25, 0.3) is 0 Å². The summed E-state index contributed by atoms with van der Waals surface area (Å²) in [6.07, 6.45) is 0.783. The smallest absolute Gasteiger partial charge is 0.339 e. The SMILES string of the molecule is COc1cc(NC(=O)C2COC(C)C2)ccc1C(=O)O. The van der Waals surface area contributed by atoms with E-state index in [1.54, 1.807) is 6.07 Å². The Kier molecular flexibility index (Phi) is 4.24. The number of carbonyl (C=O) groups is 2. The molecule has 0 radical (unpaired) electrons. The summed E-state index contributed by atoms with van der Waals surface area (Å²) in [6.45, 7) is 2.34. The number of amides is 1. The van der Waals surface area contributed by atoms with Crippen molar-refractivity contribution < 1.29 is 24.2 Å². The summed E-state index contributed by atoms with van der Waals surface area (Å²) in [4.78, 5) is 23.0. The van der Waals surface area contributed by atoms with Gasteiger partial charge in [-0.3, -0.25) is 4.79 Å². The van der Waals surface area contributed by atoms with Gasteiger partial charge in [-0.2, -0.15) is 0 Å². The molecule has 0 spiro atoms. The van der Waals surface area contributed by atoms with Crippen molar-refractivity contribution in [2.45, 2.75) is 19.4 Å². The van der Waals surface area contributed by atoms with Crippen molar-refractivity contribution in [3.8, 4) is 5.75 Å². The molecule has 2 atom stereocenters. The quantitative estimate of drug-likeness (QED) is 0.877. The fourth-order valence-electron chi connectivity index (χ4n) is 2.19. The van der Waals surface area contributed by atoms with Crippen molar-refractivity contribution in [1.82, 2.24) is 0 Å². The van der Waals surface area contributed by atoms with Crippen molar-refractivity contribution in [3.05, 3.63) is 23.8 Å². The van der Waals surface area contributed by atoms with Crippen molar-refractivity contribution in [1.29, 1.82) is 0 Å². The fourth-order valence-corrected chi connectivity index (χ4v) is 2.19. The van der Waals surface area contributed by atoms with E-state index in [0.29, 0.717) is 18.7 Å². The second-order valence-electron chi connectivity index (χ2n) is 4.79. The zero-order valence-corrected chi connectivity index (χ0v) is 11.4. The van der Waals surface area contributed by atoms with Crippen LogP contribution in [0.1, 0.15) is 23.7 Å². The van der Waals surface area contributed by atoms with Gasteiger partial charge in [0.25, 0.3) is 0 Å². The lowest BCUT2D eigenvalue weighted by Gasteiger charge is -2.11. The maximum atomic E-state index is 12.0. The van der Waals surface area contributed by atoms with Crippen LogP contribution in [0.3, 0.4) is 0 Å². The second kappa shape index (κ2) is 5.92. The number of anilines is 1. The molecule has 6 heteroatoms. The van der Waals surface area contributed by atoms with E-state index in [9.17, 15) is 9.59 Å². The number of methoxy groups -OCH3 is 1. The first kappa shape index (κ1) is 14.3. The summed E-state index contributed by atoms with van der Waals surface area (Å²) in [5.41, 5.74) is 0.569. The summed E-state index contributed by atoms with van der Waals surface area (Å²) >= 11 is 0. The van der Waals surface area contributed by atoms with Gasteiger partial charge in [-0.15, -0.1) is 0 Å². The van der Waals surface area contributed by atoms with E-state index in [0.717, 1.165) is 0 Å². The number of ether oxygens (including phenoxy) is 2. The largest absolute Gasteiger partial charge is 0.496 e. The number of carbonyl (C=O) groups excluding carboxylic acids is 1. The van der Waals surface area contributed by atoms with Gasteiger partial charge in [0.2, 0.25) is 5.91 Å². The highest BCUT2D eigenvalue weighted by Gasteiger charge is 2.28. The maximum absolute atomic E-state index is 12.0. The molecule has 1 aromatic carbocycles. The molecule has 2 rings (SSSR count). The van der Waals surface area contributed by atoms with E-state index >= 15 is 0 Å². The predicted molar refractivity (Wildman–Crippen MR) is 72.1 cm³/mol. The third-order valence-electron chi connectivity index (χ3n) is 3.27. The average molecular weight is 279 g/mol. The highest BCUT2D eigenvalue weighted by molar-refractivity contribution is 5.95. The highest BCUT2D eigenvalue weighted by atomic mass is 16.5. The number of benzene rings is 1. The first-order valence-electron chi connectivity index (χ1n) is 6.35. The van der Waals surface area contributed by atoms with Crippen LogP contribution in [-0.2, 0) is 9.53 Å². The van der Waals surface area contributed by atoms with Gasteiger partial charge in [-0.05, 0) is 25.5 Å². The molecule has 1 aliphatic heterocycles. The number of carboxylic acid groups (broad SMARTS) is 1. The van der Waals surface area contributed by atoms with Crippen LogP contribution in [0, 0.1) is 5.92 Å². The van der Waals surface area contributed by atoms with E-state index in [1.165, 1.54) is 19.2 Å². The van der Waals surface area contributed by atoms with Gasteiger partial charge in [0.1, 0.15) is 11.3 Å². The Bertz CT molecular complexity index is 528. The lowest BCUT2D eigenvalue weighted by molar-refractivity contribution is -0.119. The normalized spacial score (nSPS) is 21.5. The molecular weight excluding hydrogens is 262 g/mol. The summed E-state index contributed by atoms with van der Waals surface area (Å²) in [5.74, 6) is -1.15. The number of aromatic carboxylic acids is 1. The molecule has 6 nitrogen and oxygen atoms in total. The number of carboxylic acids is 1. The third kappa shape index (κ3) is 3.08. The van der Waals surface area contributed by atoms with E-state index in [4.69, 9.17) is 14.6 Å². The number of nitrogens with one attached hydrogen (secondary N) is 1. The van der Waals surface area contributed by atoms with Crippen molar-refractivity contribution >= 4 is 17.6 Å². The Morgan fingerprint density at radius 3 is 2.75 bits per heavy atom. The number of hydrogen-bond donors (Lipinski definition) is 2. The van der Waals surface area contributed by atoms with Gasteiger partial charge in [0, 0.05) is 11.8 Å². The zero-order valence-electron chi connectivity index (χ0n) is 11.4. The van der Waals surface area contributed by atoms with E-state index < -0.39 is 5.97 Å². The minimum Gasteiger partial charge on any atom is -0.496 e. The maximum Gasteiger partial charge on any atom is 0.339 e. The Balaban J connectivity index is 2.10. The molecule has 2 N–H and O–H groups in total. The Labute approximate surface area is 116 Å². The number of hydrogen-bond acceptors (Lipinski definition) is 4. The summed E-state index contributed by atoms with van der Waals surface area (Å²) in [5, 5.41) is 11.7. The zero-order chi connectivity index (χ0) is 14.7. The van der Waals surface area contributed by atoms with E-state index in [1.807, 2.05) is 6.92 Å². The average Bonchev–Trinajstić information content (AvgIpc) is 2.85. The monoisotopic (exact) mass is 279 g/mol. The van der Waals surface area contributed by atoms with Crippen molar-refractivity contribution in [2.24, 2.45) is 5.92 Å². The molecule has 0 aromatic heterocycles. The lowest BCUT2D eigenvalue weighted by Crippen LogP contribution is -2.23. The van der Waals surface area contributed by atoms with Gasteiger partial charge in [-0.25, -0.2) is 4.79 Å². The molecular formula is C14H17NO5. The summed E-state index contributed by atoms with van der Waals surface area (Å²) < 4.78 is 10.4. The van der Waals surface area contributed by atoms with Crippen LogP contribution >= 0.6 is 0 Å². The van der Waals surface area contributed by atoms with Gasteiger partial charge in [0.15, 0.2) is 0 Å². The topological polar surface area (TPSA) is 84.9 Å². The minimum absolute atomic E-state index is 0.0586. The van der Waals surface area contributed by atoms with Gasteiger partial charge >= 0.3 is 5.97 Å². The van der Waals surface area contributed by atoms with Gasteiger partial charge in [-0.1, -0.05) is 0 Å². The molecule has 0 saturated carbocycles. The fraction of sp³-hybridized carbons (Fsp3) is 0.429. The molecule has 1 fully saturated rings. The Morgan fingerprint density at radius 1 is 1.45 bits per heavy atom. The summed E-state index contributed by atoms with van der Waals surface area (Å²) in [7, 11) is 1.39. The number of rotatable bonds is 4. The molecule has 1 heterocycles. The van der Waals surface area contributed by atoms with E-state index in [-0.39, 0.29) is 29.2 Å². The molecule has 20 heavy (non-hydrogen) atoms. The molecule has 1 amide bonds. The standard InChI is InChI=1S/C14H17NO5/c1-8-5-9(7-20-8)13(16)15-10-3-4-11(14(17)18)12(6-10)19-2/h3-4,6,8-9H,5,7H2,1-2H3,(H,15,16)(H,17,18). The predicted octanol–water partition coefficient (Wildman–Crippen LogP) is 1.76. The van der Waals surface area contributed by atoms with Crippen LogP contribution in [0.5, 0.6) is 5.75 Å². The highest BCUT2D eigenvalue weighted by Crippen LogP contribution is 2.25. The van der Waals surface area contributed by atoms with Crippen molar-refractivity contribution in [2.75, 3.05) is 19.0 Å². The lowest BCUT2D eigenvalue weighted by atomic mass is 10.1. The molecule has 0 bridgehead atoms. The molecule has 1 aromatic rings. The molecule has 1 aliphatic rings. The first-order valence-corrected chi connectivity index (χ1v) is 6.35. The minimum atomic E-state index is -1.07. The van der Waals surface area contributed by atoms with Gasteiger partial charge in [0.05, 0.1) is 25.7 Å². The van der Waals surface area contributed by atoms with Crippen LogP contribution in [0.2, 0.25) is 0 Å². The van der Waals surface area contributed by atoms with Crippen LogP contribution < -0.4 is 10.1 Å². The van der Waals surface area contributed by atoms with Crippen molar-refractivity contribution in [3.63, 3.8) is 0 Å². The molecule has 0 aliphatic carbocycles. The first-order chi connectivity index (χ1) is 9.51. The van der Waals surface area contributed by atoms with Crippen LogP contribution in [0.15, 0.2) is 18.2 Å². The summed E-state index contributed by atoms with van der Waals surface area (Å²) in [6, 6.07) is 4.45. The molecule has 2 unspecified atom stereocenters. The Morgan fingerprint density at radius 2 is 2.20 bits per heavy atom. The van der Waals surface area contributed by atoms with Crippen LogP contribution in [0.4, 0.5) is 5.69 Å². The second-order valence-corrected chi connectivity index (χ2v) is 4.79. The van der Waals surface area contributed by atoms with Gasteiger partial charge < -0.3 is 19.9 Å². The molecule has 1 saturated heterocycles.